The predicted molar refractivity (Wildman–Crippen MR) is 356 cm³/mol. The highest BCUT2D eigenvalue weighted by Crippen LogP contribution is 2.34. The minimum Gasteiger partial charge on any atom is -0.497 e. The fraction of sp³-hybridized carbons (Fsp3) is 0.545. The molecule has 38 nitrogen and oxygen atoms in total. The van der Waals surface area contributed by atoms with Gasteiger partial charge in [0.25, 0.3) is 0 Å². The Bertz CT molecular complexity index is 3700. The molecule has 10 rings (SSSR count). The summed E-state index contributed by atoms with van der Waals surface area (Å²) in [5, 5.41) is 163. The smallest absolute Gasteiger partial charge is 0.246 e. The third kappa shape index (κ3) is 17.5. The number of hydrogen-bond acceptors (Lipinski definition) is 32. The lowest BCUT2D eigenvalue weighted by Gasteiger charge is -2.46. The van der Waals surface area contributed by atoms with Crippen LogP contribution >= 0.6 is 0 Å². The van der Waals surface area contributed by atoms with Gasteiger partial charge < -0.3 is 153 Å². The van der Waals surface area contributed by atoms with Crippen molar-refractivity contribution in [2.75, 3.05) is 53.2 Å². The van der Waals surface area contributed by atoms with Crippen molar-refractivity contribution in [2.45, 2.75) is 172 Å². The van der Waals surface area contributed by atoms with Gasteiger partial charge in [-0.05, 0) is 57.8 Å². The minimum atomic E-state index is -2.35. The van der Waals surface area contributed by atoms with E-state index in [0.29, 0.717) is 16.9 Å². The van der Waals surface area contributed by atoms with E-state index in [1.54, 1.807) is 49.4 Å². The highest BCUT2D eigenvalue weighted by molar-refractivity contribution is 5.98. The number of aliphatic imine (C=N–C) groups is 2. The van der Waals surface area contributed by atoms with Crippen molar-refractivity contribution < 1.29 is 128 Å². The van der Waals surface area contributed by atoms with Crippen molar-refractivity contribution in [3.8, 4) is 11.5 Å². The zero-order valence-corrected chi connectivity index (χ0v) is 56.1. The van der Waals surface area contributed by atoms with Crippen LogP contribution in [0, 0.1) is 0 Å². The second kappa shape index (κ2) is 34.5. The van der Waals surface area contributed by atoms with Crippen molar-refractivity contribution in [3.05, 3.63) is 108 Å². The van der Waals surface area contributed by atoms with Gasteiger partial charge in [-0.2, -0.15) is 0 Å². The summed E-state index contributed by atoms with van der Waals surface area (Å²) in [7, 11) is 1.54. The number of amides is 6. The third-order valence-corrected chi connectivity index (χ3v) is 19.0. The predicted octanol–water partition coefficient (Wildman–Crippen LogP) is -10.2. The van der Waals surface area contributed by atoms with Crippen molar-refractivity contribution in [2.24, 2.45) is 21.5 Å². The zero-order chi connectivity index (χ0) is 75.0. The van der Waals surface area contributed by atoms with Gasteiger partial charge >= 0.3 is 0 Å². The average Bonchev–Trinajstić information content (AvgIpc) is 1.60. The van der Waals surface area contributed by atoms with E-state index in [-0.39, 0.29) is 30.4 Å². The molecule has 4 saturated heterocycles. The van der Waals surface area contributed by atoms with E-state index in [9.17, 15) is 85.6 Å². The molecule has 4 aromatic rings. The molecule has 0 aliphatic carbocycles. The van der Waals surface area contributed by atoms with Crippen molar-refractivity contribution in [1.29, 1.82) is 0 Å². The van der Waals surface area contributed by atoms with Crippen LogP contribution in [0.15, 0.2) is 101 Å². The Kier molecular flexibility index (Phi) is 25.9. The molecule has 6 heterocycles. The molecular formula is C66H88N12O26. The molecule has 38 heteroatoms. The summed E-state index contributed by atoms with van der Waals surface area (Å²) in [6.45, 7) is -4.11. The molecule has 5 unspecified atom stereocenters. The minimum absolute atomic E-state index is 0.0646. The monoisotopic (exact) mass is 1460 g/mol. The first-order valence-electron chi connectivity index (χ1n) is 33.4. The Morgan fingerprint density at radius 2 is 1.15 bits per heavy atom. The summed E-state index contributed by atoms with van der Waals surface area (Å²) in [6.07, 6.45) is -31.0. The number of nitrogens with zero attached hydrogens (tertiary/aromatic N) is 3. The number of carbonyl (C=O) groups is 6. The summed E-state index contributed by atoms with van der Waals surface area (Å²) in [6, 6.07) is 11.7. The number of aliphatic hydroxyl groups excluding tert-OH is 13. The molecule has 0 saturated carbocycles. The summed E-state index contributed by atoms with van der Waals surface area (Å²) in [4.78, 5) is 96.8. The Labute approximate surface area is 592 Å². The lowest BCUT2D eigenvalue weighted by Crippen LogP contribution is -2.70. The van der Waals surface area contributed by atoms with Gasteiger partial charge in [-0.3, -0.25) is 38.8 Å². The fourth-order valence-electron chi connectivity index (χ4n) is 13.0. The van der Waals surface area contributed by atoms with E-state index in [4.69, 9.17) is 44.6 Å². The Hall–Kier alpha value is -8.62. The molecule has 568 valence electrons. The Morgan fingerprint density at radius 3 is 1.83 bits per heavy atom. The number of guanidine groups is 2. The van der Waals surface area contributed by atoms with Gasteiger partial charge in [0.15, 0.2) is 24.4 Å². The SMILES string of the molecule is COc1ccc2cc(CO[C@@H]3[C@@H](O[C@H]4[C@H](O)[C@H](O)[C@@H](Oc5ccc(C[C@H]6NC(=O)[C@H](C(C)c7ccccc7)NC(=O)CNC(=O)[C@H](CO)NC(=O)[C@@H](C(O)C7CN=C(N)N7[C@H]7O[C@H](CO)[C@@H](O)[C@H](O)[C@@H]7O)NC(=O)[C@H](C(O)C7CN=C(N)N7)NC6=O)cc5)O[C@@H]4CO)O[C@H](CO)[C@@H](O)[C@@H]3O)ccc2c1. The van der Waals surface area contributed by atoms with Gasteiger partial charge in [-0.1, -0.05) is 67.6 Å². The highest BCUT2D eigenvalue weighted by atomic mass is 16.7. The van der Waals surface area contributed by atoms with E-state index in [0.717, 1.165) is 15.7 Å². The number of methoxy groups -OCH3 is 1. The summed E-state index contributed by atoms with van der Waals surface area (Å²) < 4.78 is 41.1. The molecule has 4 fully saturated rings. The molecule has 104 heavy (non-hydrogen) atoms. The summed E-state index contributed by atoms with van der Waals surface area (Å²) >= 11 is 0. The number of aliphatic hydroxyl groups is 13. The lowest BCUT2D eigenvalue weighted by molar-refractivity contribution is -0.357. The maximum absolute atomic E-state index is 15.2. The van der Waals surface area contributed by atoms with Crippen LogP contribution in [0.4, 0.5) is 0 Å². The third-order valence-electron chi connectivity index (χ3n) is 19.0. The van der Waals surface area contributed by atoms with Crippen LogP contribution in [0.2, 0.25) is 0 Å². The van der Waals surface area contributed by atoms with Crippen LogP contribution in [-0.4, -0.2) is 318 Å². The maximum Gasteiger partial charge on any atom is 0.246 e. The first-order chi connectivity index (χ1) is 49.7. The molecular weight excluding hydrogens is 1380 g/mol. The van der Waals surface area contributed by atoms with Crippen LogP contribution in [0.25, 0.3) is 10.8 Å². The van der Waals surface area contributed by atoms with E-state index in [1.807, 2.05) is 24.3 Å². The molecule has 0 bridgehead atoms. The van der Waals surface area contributed by atoms with E-state index >= 15 is 9.59 Å². The van der Waals surface area contributed by atoms with Gasteiger partial charge in [-0.25, -0.2) is 0 Å². The van der Waals surface area contributed by atoms with Crippen molar-refractivity contribution >= 4 is 58.1 Å². The number of carbonyl (C=O) groups excluding carboxylic acids is 6. The highest BCUT2D eigenvalue weighted by Gasteiger charge is 2.55. The lowest BCUT2D eigenvalue weighted by atomic mass is 9.92. The molecule has 6 aliphatic heterocycles. The molecule has 0 radical (unpaired) electrons. The van der Waals surface area contributed by atoms with Gasteiger partial charge in [-0.15, -0.1) is 0 Å². The Balaban J connectivity index is 0.914. The van der Waals surface area contributed by atoms with Crippen LogP contribution in [0.3, 0.4) is 0 Å². The number of hydrogen-bond donors (Lipinski definition) is 22. The van der Waals surface area contributed by atoms with Gasteiger partial charge in [0.05, 0.1) is 71.9 Å². The van der Waals surface area contributed by atoms with Gasteiger partial charge in [0.1, 0.15) is 127 Å². The molecule has 0 aromatic heterocycles. The van der Waals surface area contributed by atoms with Crippen LogP contribution in [0.5, 0.6) is 11.5 Å². The first-order valence-corrected chi connectivity index (χ1v) is 33.4. The second-order valence-electron chi connectivity index (χ2n) is 25.9. The maximum atomic E-state index is 15.2. The molecule has 6 aliphatic rings. The molecule has 4 aromatic carbocycles. The largest absolute Gasteiger partial charge is 0.497 e. The number of ether oxygens (including phenoxy) is 7. The van der Waals surface area contributed by atoms with Crippen LogP contribution in [-0.2, 0) is 65.5 Å². The standard InChI is InChI=1S/C66H88N12O26/c1-27(30-6-4-3-5-7-30)43-59(95)72-35(17-28-9-13-33(14-10-28)100-63-54(92)52(90)55(41(25-82)103-63)104-64-56(51(89)49(87)40(24-81)102-64)99-26-29-8-11-32-18-34(98-2)15-12-31(32)16-29)58(94)76-44(46(84)36-19-70-65(67)74-36)61(97)77-45(60(96)73-37(22-79)57(93)69-21-42(83)75-43)47(85)38-20-71-66(68)78(38)62-53(91)50(88)48(86)39(23-80)101-62/h3-16,18,27,35-41,43-56,62-64,79-82,84-92H,17,19-26H2,1-2H3,(H2,68,71)(H,69,93)(H,72,95)(H,73,96)(H,75,83)(H,76,94)(H,77,97)(H3,67,70,74)/t27?,35-,36?,37+,38?,39-,40-,41-,43+,44+,45-,46?,47?,48-,49-,50+,51+,52-,53+,54+,55-,56+,62+,63+,64-/m1/s1. The topological polar surface area (TPSA) is 594 Å². The average molecular weight is 1470 g/mol. The van der Waals surface area contributed by atoms with Crippen molar-refractivity contribution in [1.82, 2.24) is 42.1 Å². The number of benzene rings is 4. The normalized spacial score (nSPS) is 34.3. The number of nitrogens with two attached hydrogens (primary N) is 2. The number of nitrogens with one attached hydrogen (secondary N) is 7. The van der Waals surface area contributed by atoms with Crippen LogP contribution in [0.1, 0.15) is 29.5 Å². The first kappa shape index (κ1) is 78.0. The van der Waals surface area contributed by atoms with Gasteiger partial charge in [0.2, 0.25) is 41.7 Å². The number of rotatable bonds is 21. The van der Waals surface area contributed by atoms with Crippen molar-refractivity contribution in [3.63, 3.8) is 0 Å². The van der Waals surface area contributed by atoms with E-state index < -0.39 is 240 Å². The van der Waals surface area contributed by atoms with E-state index in [1.165, 1.54) is 31.4 Å². The number of fused-ring (bicyclic) bond motifs is 1. The Morgan fingerprint density at radius 1 is 0.558 bits per heavy atom. The van der Waals surface area contributed by atoms with E-state index in [2.05, 4.69) is 47.2 Å². The second-order valence-corrected chi connectivity index (χ2v) is 25.9. The molecule has 0 spiro atoms. The summed E-state index contributed by atoms with van der Waals surface area (Å²) in [5.74, 6) is -8.36. The molecule has 25 atom stereocenters. The van der Waals surface area contributed by atoms with Crippen LogP contribution < -0.4 is 58.2 Å². The summed E-state index contributed by atoms with van der Waals surface area (Å²) in [5.41, 5.74) is 13.5. The molecule has 6 amide bonds. The zero-order valence-electron chi connectivity index (χ0n) is 56.1. The van der Waals surface area contributed by atoms with Gasteiger partial charge in [0, 0.05) is 12.3 Å². The fourth-order valence-corrected chi connectivity index (χ4v) is 13.0. The molecule has 24 N–H and O–H groups in total. The quantitative estimate of drug-likeness (QED) is 0.0368.